The number of fused-ring (bicyclic) bond motifs is 1. The highest BCUT2D eigenvalue weighted by Crippen LogP contribution is 2.42. The molecule has 0 aliphatic heterocycles. The van der Waals surface area contributed by atoms with Crippen LogP contribution in [-0.4, -0.2) is 14.7 Å². The molecule has 2 heterocycles. The average molecular weight is 288 g/mol. The fraction of sp³-hybridized carbons (Fsp3) is 0.588. The van der Waals surface area contributed by atoms with E-state index in [4.69, 9.17) is 4.42 Å². The first-order valence-electron chi connectivity index (χ1n) is 7.70. The SMILES string of the molecule is CCc1cnc(Cn2c(C)cc3c2CC(C)(C)CC3O)o1. The number of hydrogen-bond acceptors (Lipinski definition) is 3. The summed E-state index contributed by atoms with van der Waals surface area (Å²) in [6.07, 6.45) is 4.11. The Balaban J connectivity index is 1.96. The fourth-order valence-electron chi connectivity index (χ4n) is 3.34. The van der Waals surface area contributed by atoms with Gasteiger partial charge in [-0.15, -0.1) is 0 Å². The van der Waals surface area contributed by atoms with Crippen molar-refractivity contribution in [3.8, 4) is 0 Å². The van der Waals surface area contributed by atoms with Crippen LogP contribution in [0.5, 0.6) is 0 Å². The summed E-state index contributed by atoms with van der Waals surface area (Å²) in [5, 5.41) is 10.4. The van der Waals surface area contributed by atoms with Gasteiger partial charge in [0.1, 0.15) is 5.76 Å². The largest absolute Gasteiger partial charge is 0.444 e. The Hall–Kier alpha value is -1.55. The molecule has 4 nitrogen and oxygen atoms in total. The van der Waals surface area contributed by atoms with Crippen molar-refractivity contribution in [3.05, 3.63) is 40.9 Å². The van der Waals surface area contributed by atoms with Crippen LogP contribution in [0.2, 0.25) is 0 Å². The van der Waals surface area contributed by atoms with E-state index < -0.39 is 0 Å². The lowest BCUT2D eigenvalue weighted by Gasteiger charge is -2.33. The summed E-state index contributed by atoms with van der Waals surface area (Å²) in [4.78, 5) is 4.36. The predicted molar refractivity (Wildman–Crippen MR) is 81.2 cm³/mol. The zero-order valence-corrected chi connectivity index (χ0v) is 13.3. The van der Waals surface area contributed by atoms with Crippen LogP contribution < -0.4 is 0 Å². The van der Waals surface area contributed by atoms with Gasteiger partial charge in [-0.05, 0) is 31.2 Å². The third-order valence-corrected chi connectivity index (χ3v) is 4.44. The van der Waals surface area contributed by atoms with Gasteiger partial charge in [0.05, 0.1) is 18.8 Å². The number of aromatic nitrogens is 2. The van der Waals surface area contributed by atoms with Gasteiger partial charge in [-0.25, -0.2) is 4.98 Å². The molecule has 1 N–H and O–H groups in total. The number of rotatable bonds is 3. The summed E-state index contributed by atoms with van der Waals surface area (Å²) >= 11 is 0. The molecule has 0 bridgehead atoms. The second kappa shape index (κ2) is 5.02. The first-order chi connectivity index (χ1) is 9.89. The Kier molecular flexibility index (Phi) is 3.44. The molecule has 0 saturated heterocycles. The van der Waals surface area contributed by atoms with Crippen LogP contribution in [0.15, 0.2) is 16.7 Å². The molecule has 2 aromatic heterocycles. The monoisotopic (exact) mass is 288 g/mol. The number of aliphatic hydroxyl groups excluding tert-OH is 1. The summed E-state index contributed by atoms with van der Waals surface area (Å²) in [6.45, 7) is 9.22. The Labute approximate surface area is 125 Å². The van der Waals surface area contributed by atoms with Crippen molar-refractivity contribution in [2.75, 3.05) is 0 Å². The van der Waals surface area contributed by atoms with Gasteiger partial charge in [0.15, 0.2) is 0 Å². The zero-order chi connectivity index (χ0) is 15.2. The highest BCUT2D eigenvalue weighted by Gasteiger charge is 2.34. The lowest BCUT2D eigenvalue weighted by molar-refractivity contribution is 0.0980. The predicted octanol–water partition coefficient (Wildman–Crippen LogP) is 3.40. The molecule has 0 saturated carbocycles. The van der Waals surface area contributed by atoms with Gasteiger partial charge in [-0.2, -0.15) is 0 Å². The van der Waals surface area contributed by atoms with Crippen molar-refractivity contribution in [2.45, 2.75) is 59.6 Å². The molecule has 0 spiro atoms. The van der Waals surface area contributed by atoms with Crippen LogP contribution in [-0.2, 0) is 19.4 Å². The Morgan fingerprint density at radius 3 is 2.90 bits per heavy atom. The van der Waals surface area contributed by atoms with Crippen molar-refractivity contribution in [2.24, 2.45) is 5.41 Å². The van der Waals surface area contributed by atoms with Crippen LogP contribution in [0.25, 0.3) is 0 Å². The van der Waals surface area contributed by atoms with Crippen molar-refractivity contribution in [1.29, 1.82) is 0 Å². The second-order valence-electron chi connectivity index (χ2n) is 6.91. The van der Waals surface area contributed by atoms with Crippen molar-refractivity contribution < 1.29 is 9.52 Å². The lowest BCUT2D eigenvalue weighted by Crippen LogP contribution is -2.27. The molecule has 21 heavy (non-hydrogen) atoms. The maximum Gasteiger partial charge on any atom is 0.214 e. The van der Waals surface area contributed by atoms with E-state index in [-0.39, 0.29) is 11.5 Å². The minimum absolute atomic E-state index is 0.125. The van der Waals surface area contributed by atoms with Crippen molar-refractivity contribution in [3.63, 3.8) is 0 Å². The smallest absolute Gasteiger partial charge is 0.214 e. The third kappa shape index (κ3) is 2.64. The minimum atomic E-state index is -0.362. The quantitative estimate of drug-likeness (QED) is 0.941. The number of oxazole rings is 1. The lowest BCUT2D eigenvalue weighted by atomic mass is 9.75. The summed E-state index contributed by atoms with van der Waals surface area (Å²) in [5.41, 5.74) is 3.59. The molecule has 0 fully saturated rings. The van der Waals surface area contributed by atoms with Crippen LogP contribution in [0.1, 0.15) is 61.9 Å². The molecule has 1 aliphatic rings. The van der Waals surface area contributed by atoms with E-state index in [0.717, 1.165) is 42.2 Å². The number of hydrogen-bond donors (Lipinski definition) is 1. The van der Waals surface area contributed by atoms with Gasteiger partial charge in [-0.1, -0.05) is 20.8 Å². The Bertz CT molecular complexity index is 652. The number of aryl methyl sites for hydroxylation is 2. The molecule has 4 heteroatoms. The highest BCUT2D eigenvalue weighted by atomic mass is 16.4. The van der Waals surface area contributed by atoms with Gasteiger partial charge >= 0.3 is 0 Å². The van der Waals surface area contributed by atoms with E-state index in [1.165, 1.54) is 5.69 Å². The molecule has 114 valence electrons. The van der Waals surface area contributed by atoms with Crippen molar-refractivity contribution in [1.82, 2.24) is 9.55 Å². The van der Waals surface area contributed by atoms with Crippen LogP contribution >= 0.6 is 0 Å². The normalized spacial score (nSPS) is 20.5. The first kappa shape index (κ1) is 14.4. The molecule has 1 unspecified atom stereocenters. The molecule has 1 atom stereocenters. The van der Waals surface area contributed by atoms with E-state index >= 15 is 0 Å². The third-order valence-electron chi connectivity index (χ3n) is 4.44. The topological polar surface area (TPSA) is 51.2 Å². The number of nitrogens with zero attached hydrogens (tertiary/aromatic N) is 2. The van der Waals surface area contributed by atoms with Gasteiger partial charge in [0.25, 0.3) is 0 Å². The summed E-state index contributed by atoms with van der Waals surface area (Å²) in [5.74, 6) is 1.66. The molecule has 0 aromatic carbocycles. The van der Waals surface area contributed by atoms with E-state index in [9.17, 15) is 5.11 Å². The molecule has 2 aromatic rings. The van der Waals surface area contributed by atoms with E-state index in [1.54, 1.807) is 6.20 Å². The van der Waals surface area contributed by atoms with Crippen molar-refractivity contribution >= 4 is 0 Å². The summed E-state index contributed by atoms with van der Waals surface area (Å²) in [7, 11) is 0. The Morgan fingerprint density at radius 2 is 2.24 bits per heavy atom. The van der Waals surface area contributed by atoms with Gasteiger partial charge < -0.3 is 14.1 Å². The second-order valence-corrected chi connectivity index (χ2v) is 6.91. The molecule has 0 amide bonds. The maximum absolute atomic E-state index is 10.4. The van der Waals surface area contributed by atoms with Crippen LogP contribution in [0.4, 0.5) is 0 Å². The molecular weight excluding hydrogens is 264 g/mol. The van der Waals surface area contributed by atoms with Gasteiger partial charge in [0.2, 0.25) is 5.89 Å². The minimum Gasteiger partial charge on any atom is -0.444 e. The summed E-state index contributed by atoms with van der Waals surface area (Å²) in [6, 6.07) is 2.11. The molecule has 3 rings (SSSR count). The van der Waals surface area contributed by atoms with E-state index in [0.29, 0.717) is 6.54 Å². The van der Waals surface area contributed by atoms with Gasteiger partial charge in [0, 0.05) is 23.4 Å². The van der Waals surface area contributed by atoms with Gasteiger partial charge in [-0.3, -0.25) is 0 Å². The maximum atomic E-state index is 10.4. The summed E-state index contributed by atoms with van der Waals surface area (Å²) < 4.78 is 7.98. The van der Waals surface area contributed by atoms with Crippen LogP contribution in [0.3, 0.4) is 0 Å². The first-order valence-corrected chi connectivity index (χ1v) is 7.70. The molecule has 1 aliphatic carbocycles. The van der Waals surface area contributed by atoms with Crippen LogP contribution in [0, 0.1) is 12.3 Å². The highest BCUT2D eigenvalue weighted by molar-refractivity contribution is 5.33. The Morgan fingerprint density at radius 1 is 1.48 bits per heavy atom. The molecule has 0 radical (unpaired) electrons. The zero-order valence-electron chi connectivity index (χ0n) is 13.3. The number of aliphatic hydroxyl groups is 1. The van der Waals surface area contributed by atoms with E-state index in [1.807, 2.05) is 0 Å². The fourth-order valence-corrected chi connectivity index (χ4v) is 3.34. The molecular formula is C17H24N2O2. The average Bonchev–Trinajstić information content (AvgIpc) is 2.96. The standard InChI is InChI=1S/C17H24N2O2/c1-5-12-9-18-16(21-12)10-19-11(2)6-13-14(19)7-17(3,4)8-15(13)20/h6,9,15,20H,5,7-8,10H2,1-4H3. The van der Waals surface area contributed by atoms with E-state index in [2.05, 4.69) is 43.3 Å².